The predicted molar refractivity (Wildman–Crippen MR) is 140 cm³/mol. The van der Waals surface area contributed by atoms with Crippen molar-refractivity contribution in [2.75, 3.05) is 25.3 Å². The summed E-state index contributed by atoms with van der Waals surface area (Å²) in [7, 11) is -3.74. The van der Waals surface area contributed by atoms with Gasteiger partial charge >= 0.3 is 11.9 Å². The van der Waals surface area contributed by atoms with Crippen LogP contribution >= 0.6 is 7.52 Å². The molecule has 2 atom stereocenters. The third kappa shape index (κ3) is 7.49. The number of nitrogens with zero attached hydrogens (tertiary/aromatic N) is 4. The molecule has 212 valence electrons. The van der Waals surface area contributed by atoms with Gasteiger partial charge in [0.15, 0.2) is 11.5 Å². The maximum Gasteiger partial charge on any atom is 0.326 e. The van der Waals surface area contributed by atoms with E-state index in [1.54, 1.807) is 52.4 Å². The molecule has 1 saturated carbocycles. The number of imidazole rings is 1. The van der Waals surface area contributed by atoms with Crippen LogP contribution < -0.4 is 10.8 Å². The number of rotatable bonds is 15. The molecule has 2 aromatic rings. The van der Waals surface area contributed by atoms with E-state index in [4.69, 9.17) is 24.5 Å². The number of carbonyl (C=O) groups is 2. The van der Waals surface area contributed by atoms with Crippen molar-refractivity contribution in [2.24, 2.45) is 5.41 Å². The van der Waals surface area contributed by atoms with Crippen LogP contribution in [0.2, 0.25) is 0 Å². The average molecular weight is 555 g/mol. The summed E-state index contributed by atoms with van der Waals surface area (Å²) < 4.78 is 38.0. The van der Waals surface area contributed by atoms with Crippen molar-refractivity contribution < 1.29 is 32.9 Å². The van der Waals surface area contributed by atoms with E-state index in [0.717, 1.165) is 0 Å². The Morgan fingerprint density at radius 1 is 1.24 bits per heavy atom. The van der Waals surface area contributed by atoms with Crippen molar-refractivity contribution in [1.29, 1.82) is 0 Å². The third-order valence-electron chi connectivity index (χ3n) is 6.16. The van der Waals surface area contributed by atoms with Crippen molar-refractivity contribution in [3.8, 4) is 0 Å². The van der Waals surface area contributed by atoms with E-state index in [0.29, 0.717) is 43.6 Å². The molecule has 0 saturated heterocycles. The fraction of sp³-hybridized carbons (Fsp3) is 0.708. The normalized spacial score (nSPS) is 17.2. The highest BCUT2D eigenvalue weighted by atomic mass is 31.2. The maximum absolute atomic E-state index is 13.9. The van der Waals surface area contributed by atoms with Crippen LogP contribution in [0, 0.1) is 5.41 Å². The van der Waals surface area contributed by atoms with E-state index in [1.165, 1.54) is 6.33 Å². The number of hydrogen-bond acceptors (Lipinski definition) is 11. The zero-order chi connectivity index (χ0) is 28.1. The molecule has 3 N–H and O–H groups in total. The second kappa shape index (κ2) is 12.1. The molecule has 1 aliphatic rings. The Morgan fingerprint density at radius 3 is 2.58 bits per heavy atom. The zero-order valence-electron chi connectivity index (χ0n) is 22.9. The summed E-state index contributed by atoms with van der Waals surface area (Å²) in [6.45, 7) is 10.8. The van der Waals surface area contributed by atoms with Crippen LogP contribution in [0.4, 0.5) is 5.82 Å². The summed E-state index contributed by atoms with van der Waals surface area (Å²) in [6.07, 6.45) is 3.59. The fourth-order valence-electron chi connectivity index (χ4n) is 3.90. The van der Waals surface area contributed by atoms with E-state index < -0.39 is 30.5 Å². The minimum atomic E-state index is -3.74. The van der Waals surface area contributed by atoms with Gasteiger partial charge in [0.25, 0.3) is 7.52 Å². The van der Waals surface area contributed by atoms with Gasteiger partial charge in [-0.05, 0) is 60.8 Å². The highest BCUT2D eigenvalue weighted by molar-refractivity contribution is 7.56. The van der Waals surface area contributed by atoms with Crippen LogP contribution in [0.25, 0.3) is 11.2 Å². The number of nitrogen functional groups attached to an aromatic ring is 1. The second-order valence-corrected chi connectivity index (χ2v) is 12.5. The number of anilines is 1. The summed E-state index contributed by atoms with van der Waals surface area (Å²) in [5.41, 5.74) is 4.97. The molecule has 0 amide bonds. The Bertz CT molecular complexity index is 1180. The lowest BCUT2D eigenvalue weighted by molar-refractivity contribution is -0.153. The SMILES string of the molecule is CCOC(=O)C1(CCO[P@@](=O)(CO[C@H](C)Cn2cnc3c(N)ncnc32)NC(C)(C)C(=O)OC(C)C)CC1. The fourth-order valence-corrected chi connectivity index (χ4v) is 5.89. The van der Waals surface area contributed by atoms with Crippen LogP contribution in [0.5, 0.6) is 0 Å². The van der Waals surface area contributed by atoms with Gasteiger partial charge in [0, 0.05) is 0 Å². The average Bonchev–Trinajstić information content (AvgIpc) is 3.51. The van der Waals surface area contributed by atoms with E-state index in [9.17, 15) is 14.2 Å². The van der Waals surface area contributed by atoms with E-state index in [-0.39, 0.29) is 30.8 Å². The molecule has 0 unspecified atom stereocenters. The summed E-state index contributed by atoms with van der Waals surface area (Å²) in [4.78, 5) is 37.4. The highest BCUT2D eigenvalue weighted by Gasteiger charge is 2.51. The lowest BCUT2D eigenvalue weighted by atomic mass is 10.0. The van der Waals surface area contributed by atoms with E-state index in [1.807, 2.05) is 0 Å². The molecule has 0 aliphatic heterocycles. The number of hydrogen-bond donors (Lipinski definition) is 2. The molecule has 13 nitrogen and oxygen atoms in total. The van der Waals surface area contributed by atoms with Gasteiger partial charge in [0.1, 0.15) is 23.7 Å². The first-order chi connectivity index (χ1) is 17.8. The van der Waals surface area contributed by atoms with Gasteiger partial charge in [0.05, 0.1) is 43.7 Å². The molecule has 3 rings (SSSR count). The first-order valence-corrected chi connectivity index (χ1v) is 14.6. The largest absolute Gasteiger partial charge is 0.466 e. The molecule has 2 aromatic heterocycles. The molecule has 38 heavy (non-hydrogen) atoms. The maximum atomic E-state index is 13.9. The van der Waals surface area contributed by atoms with Crippen molar-refractivity contribution >= 4 is 36.4 Å². The van der Waals surface area contributed by atoms with Crippen LogP contribution in [0.1, 0.15) is 60.8 Å². The zero-order valence-corrected chi connectivity index (χ0v) is 23.8. The first kappa shape index (κ1) is 29.9. The molecule has 2 heterocycles. The topological polar surface area (TPSA) is 170 Å². The lowest BCUT2D eigenvalue weighted by Crippen LogP contribution is -2.47. The van der Waals surface area contributed by atoms with Gasteiger partial charge < -0.3 is 29.0 Å². The molecule has 1 aliphatic carbocycles. The lowest BCUT2D eigenvalue weighted by Gasteiger charge is -2.31. The Morgan fingerprint density at radius 2 is 1.95 bits per heavy atom. The van der Waals surface area contributed by atoms with Gasteiger partial charge in [-0.3, -0.25) is 14.2 Å². The summed E-state index contributed by atoms with van der Waals surface area (Å²) in [5, 5.41) is 2.85. The van der Waals surface area contributed by atoms with Gasteiger partial charge in [-0.2, -0.15) is 0 Å². The van der Waals surface area contributed by atoms with Crippen molar-refractivity contribution in [1.82, 2.24) is 24.6 Å². The molecule has 14 heteroatoms. The molecule has 0 aromatic carbocycles. The van der Waals surface area contributed by atoms with Gasteiger partial charge in [0.2, 0.25) is 0 Å². The number of aromatic nitrogens is 4. The quantitative estimate of drug-likeness (QED) is 0.244. The molecular formula is C24H39N6O7P. The molecule has 0 bridgehead atoms. The van der Waals surface area contributed by atoms with E-state index >= 15 is 0 Å². The number of esters is 2. The number of nitrogens with one attached hydrogen (secondary N) is 1. The molecule has 0 spiro atoms. The van der Waals surface area contributed by atoms with Crippen molar-refractivity contribution in [2.45, 2.75) is 85.1 Å². The number of ether oxygens (including phenoxy) is 3. The number of carbonyl (C=O) groups excluding carboxylic acids is 2. The minimum Gasteiger partial charge on any atom is -0.466 e. The summed E-state index contributed by atoms with van der Waals surface area (Å²) in [6, 6.07) is 0. The summed E-state index contributed by atoms with van der Waals surface area (Å²) >= 11 is 0. The Balaban J connectivity index is 1.68. The Kier molecular flexibility index (Phi) is 9.51. The monoisotopic (exact) mass is 554 g/mol. The molecular weight excluding hydrogens is 515 g/mol. The van der Waals surface area contributed by atoms with Crippen molar-refractivity contribution in [3.63, 3.8) is 0 Å². The molecule has 1 fully saturated rings. The van der Waals surface area contributed by atoms with Crippen molar-refractivity contribution in [3.05, 3.63) is 12.7 Å². The predicted octanol–water partition coefficient (Wildman–Crippen LogP) is 3.03. The van der Waals surface area contributed by atoms with Crippen LogP contribution in [-0.2, 0) is 39.4 Å². The smallest absolute Gasteiger partial charge is 0.326 e. The van der Waals surface area contributed by atoms with Gasteiger partial charge in [-0.1, -0.05) is 0 Å². The second-order valence-electron chi connectivity index (χ2n) is 10.4. The standard InChI is InChI=1S/C24H39N6O7P/c1-7-34-22(32)24(8-9-24)10-11-36-38(33,29-23(5,6)21(31)37-16(2)3)15-35-17(4)12-30-14-28-18-19(25)26-13-27-20(18)30/h13-14,16-17H,7-12,15H2,1-6H3,(H,29,33)(H2,25,26,27)/t17-,38+/m1/s1. The van der Waals surface area contributed by atoms with Crippen LogP contribution in [0.15, 0.2) is 12.7 Å². The van der Waals surface area contributed by atoms with Crippen LogP contribution in [0.3, 0.4) is 0 Å². The first-order valence-electron chi connectivity index (χ1n) is 12.7. The van der Waals surface area contributed by atoms with E-state index in [2.05, 4.69) is 20.0 Å². The highest BCUT2D eigenvalue weighted by Crippen LogP contribution is 2.52. The van der Waals surface area contributed by atoms with Crippen LogP contribution in [-0.4, -0.2) is 68.8 Å². The van der Waals surface area contributed by atoms with Gasteiger partial charge in [-0.25, -0.2) is 20.0 Å². The number of fused-ring (bicyclic) bond motifs is 1. The minimum absolute atomic E-state index is 0.0263. The van der Waals surface area contributed by atoms with Gasteiger partial charge in [-0.15, -0.1) is 0 Å². The Labute approximate surface area is 222 Å². The molecule has 0 radical (unpaired) electrons. The summed E-state index contributed by atoms with van der Waals surface area (Å²) in [5.74, 6) is -0.568. The Hall–Kier alpha value is -2.60. The number of nitrogens with two attached hydrogens (primary N) is 1. The third-order valence-corrected chi connectivity index (χ3v) is 8.15.